The van der Waals surface area contributed by atoms with Crippen molar-refractivity contribution >= 4 is 5.91 Å². The molecule has 0 unspecified atom stereocenters. The number of hydrogen-bond donors (Lipinski definition) is 0. The minimum Gasteiger partial charge on any atom is -0.332 e. The van der Waals surface area contributed by atoms with Crippen molar-refractivity contribution in [2.75, 3.05) is 13.1 Å². The zero-order chi connectivity index (χ0) is 10.4. The Bertz CT molecular complexity index is 223. The molecule has 78 valence electrons. The van der Waals surface area contributed by atoms with Crippen LogP contribution in [0.25, 0.3) is 0 Å². The molecule has 0 aromatic carbocycles. The van der Waals surface area contributed by atoms with Crippen LogP contribution in [0, 0.1) is 18.3 Å². The Hall–Kier alpha value is -0.970. The van der Waals surface area contributed by atoms with Crippen molar-refractivity contribution in [1.82, 2.24) is 4.90 Å². The number of terminal acetylenes is 1. The largest absolute Gasteiger partial charge is 0.332 e. The molecule has 0 saturated heterocycles. The van der Waals surface area contributed by atoms with Gasteiger partial charge in [0.1, 0.15) is 0 Å². The highest BCUT2D eigenvalue weighted by Crippen LogP contribution is 2.27. The Morgan fingerprint density at radius 3 is 2.64 bits per heavy atom. The highest BCUT2D eigenvalue weighted by molar-refractivity contribution is 5.76. The third-order valence-corrected chi connectivity index (χ3v) is 2.95. The fourth-order valence-electron chi connectivity index (χ4n) is 2.08. The standard InChI is InChI=1S/C12H19NO/c1-3-9-13(4-2)12(14)10-11-7-5-6-8-11/h1,11H,4-10H2,2H3. The molecule has 14 heavy (non-hydrogen) atoms. The van der Waals surface area contributed by atoms with Crippen molar-refractivity contribution in [2.45, 2.75) is 39.0 Å². The van der Waals surface area contributed by atoms with Gasteiger partial charge in [-0.25, -0.2) is 0 Å². The molecule has 0 aromatic rings. The summed E-state index contributed by atoms with van der Waals surface area (Å²) in [6, 6.07) is 0. The predicted octanol–water partition coefficient (Wildman–Crippen LogP) is 2.05. The molecular formula is C12H19NO. The molecule has 0 atom stereocenters. The third-order valence-electron chi connectivity index (χ3n) is 2.95. The van der Waals surface area contributed by atoms with Gasteiger partial charge in [0.2, 0.25) is 5.91 Å². The topological polar surface area (TPSA) is 20.3 Å². The van der Waals surface area contributed by atoms with Gasteiger partial charge < -0.3 is 4.90 Å². The van der Waals surface area contributed by atoms with Crippen LogP contribution in [0.15, 0.2) is 0 Å². The zero-order valence-corrected chi connectivity index (χ0v) is 8.96. The van der Waals surface area contributed by atoms with Crippen LogP contribution in [0.2, 0.25) is 0 Å². The minimum absolute atomic E-state index is 0.234. The molecule has 1 aliphatic carbocycles. The first-order valence-corrected chi connectivity index (χ1v) is 5.49. The monoisotopic (exact) mass is 193 g/mol. The summed E-state index contributed by atoms with van der Waals surface area (Å²) in [6.45, 7) is 3.17. The summed E-state index contributed by atoms with van der Waals surface area (Å²) >= 11 is 0. The van der Waals surface area contributed by atoms with Gasteiger partial charge in [0, 0.05) is 13.0 Å². The number of carbonyl (C=O) groups excluding carboxylic acids is 1. The summed E-state index contributed by atoms with van der Waals surface area (Å²) in [5.74, 6) is 3.38. The Morgan fingerprint density at radius 2 is 2.14 bits per heavy atom. The fourth-order valence-corrected chi connectivity index (χ4v) is 2.08. The highest BCUT2D eigenvalue weighted by Gasteiger charge is 2.20. The van der Waals surface area contributed by atoms with Gasteiger partial charge in [-0.2, -0.15) is 0 Å². The normalized spacial score (nSPS) is 16.6. The first kappa shape index (κ1) is 11.1. The molecular weight excluding hydrogens is 174 g/mol. The number of nitrogens with zero attached hydrogens (tertiary/aromatic N) is 1. The van der Waals surface area contributed by atoms with Gasteiger partial charge in [-0.05, 0) is 25.7 Å². The molecule has 0 N–H and O–H groups in total. The Kier molecular flexibility index (Phi) is 4.52. The lowest BCUT2D eigenvalue weighted by molar-refractivity contribution is -0.131. The van der Waals surface area contributed by atoms with Crippen molar-refractivity contribution < 1.29 is 4.79 Å². The van der Waals surface area contributed by atoms with Gasteiger partial charge in [-0.1, -0.05) is 18.8 Å². The maximum Gasteiger partial charge on any atom is 0.223 e. The molecule has 2 nitrogen and oxygen atoms in total. The lowest BCUT2D eigenvalue weighted by Gasteiger charge is -2.19. The maximum absolute atomic E-state index is 11.8. The summed E-state index contributed by atoms with van der Waals surface area (Å²) in [5.41, 5.74) is 0. The SMILES string of the molecule is C#CCN(CC)C(=O)CC1CCCC1. The smallest absolute Gasteiger partial charge is 0.223 e. The Morgan fingerprint density at radius 1 is 1.50 bits per heavy atom. The first-order chi connectivity index (χ1) is 6.77. The number of carbonyl (C=O) groups is 1. The van der Waals surface area contributed by atoms with E-state index in [1.165, 1.54) is 25.7 Å². The minimum atomic E-state index is 0.234. The van der Waals surface area contributed by atoms with Crippen LogP contribution in [-0.4, -0.2) is 23.9 Å². The molecule has 1 aliphatic rings. The van der Waals surface area contributed by atoms with Crippen LogP contribution < -0.4 is 0 Å². The average molecular weight is 193 g/mol. The molecule has 1 fully saturated rings. The van der Waals surface area contributed by atoms with E-state index in [1.54, 1.807) is 4.90 Å². The summed E-state index contributed by atoms with van der Waals surface area (Å²) < 4.78 is 0. The van der Waals surface area contributed by atoms with Crippen LogP contribution in [0.1, 0.15) is 39.0 Å². The van der Waals surface area contributed by atoms with Crippen LogP contribution in [0.5, 0.6) is 0 Å². The molecule has 0 heterocycles. The lowest BCUT2D eigenvalue weighted by atomic mass is 10.0. The Labute approximate surface area is 86.7 Å². The van der Waals surface area contributed by atoms with Gasteiger partial charge >= 0.3 is 0 Å². The van der Waals surface area contributed by atoms with Crippen molar-refractivity contribution in [3.05, 3.63) is 0 Å². The van der Waals surface area contributed by atoms with Crippen molar-refractivity contribution in [2.24, 2.45) is 5.92 Å². The van der Waals surface area contributed by atoms with E-state index in [0.717, 1.165) is 6.54 Å². The van der Waals surface area contributed by atoms with Crippen LogP contribution in [-0.2, 0) is 4.79 Å². The summed E-state index contributed by atoms with van der Waals surface area (Å²) in [7, 11) is 0. The molecule has 0 bridgehead atoms. The molecule has 0 spiro atoms. The van der Waals surface area contributed by atoms with Gasteiger partial charge in [0.05, 0.1) is 6.54 Å². The van der Waals surface area contributed by atoms with Gasteiger partial charge in [0.15, 0.2) is 0 Å². The number of rotatable bonds is 4. The van der Waals surface area contributed by atoms with Crippen molar-refractivity contribution in [3.63, 3.8) is 0 Å². The second kappa shape index (κ2) is 5.70. The van der Waals surface area contributed by atoms with E-state index in [0.29, 0.717) is 18.9 Å². The predicted molar refractivity (Wildman–Crippen MR) is 57.7 cm³/mol. The number of amides is 1. The quantitative estimate of drug-likeness (QED) is 0.626. The summed E-state index contributed by atoms with van der Waals surface area (Å²) in [4.78, 5) is 13.5. The first-order valence-electron chi connectivity index (χ1n) is 5.49. The fraction of sp³-hybridized carbons (Fsp3) is 0.750. The molecule has 0 radical (unpaired) electrons. The lowest BCUT2D eigenvalue weighted by Crippen LogP contribution is -2.32. The second-order valence-electron chi connectivity index (χ2n) is 3.97. The van der Waals surface area contributed by atoms with Crippen molar-refractivity contribution in [1.29, 1.82) is 0 Å². The van der Waals surface area contributed by atoms with Gasteiger partial charge in [0.25, 0.3) is 0 Å². The van der Waals surface area contributed by atoms with Crippen LogP contribution >= 0.6 is 0 Å². The molecule has 0 aromatic heterocycles. The van der Waals surface area contributed by atoms with E-state index in [1.807, 2.05) is 6.92 Å². The summed E-state index contributed by atoms with van der Waals surface area (Å²) in [5, 5.41) is 0. The second-order valence-corrected chi connectivity index (χ2v) is 3.97. The molecule has 1 saturated carbocycles. The maximum atomic E-state index is 11.8. The van der Waals surface area contributed by atoms with E-state index in [4.69, 9.17) is 6.42 Å². The van der Waals surface area contributed by atoms with E-state index in [9.17, 15) is 4.79 Å². The van der Waals surface area contributed by atoms with E-state index >= 15 is 0 Å². The van der Waals surface area contributed by atoms with E-state index in [2.05, 4.69) is 5.92 Å². The average Bonchev–Trinajstić information content (AvgIpc) is 2.66. The molecule has 1 rings (SSSR count). The molecule has 2 heteroatoms. The summed E-state index contributed by atoms with van der Waals surface area (Å²) in [6.07, 6.45) is 10.9. The third kappa shape index (κ3) is 3.06. The van der Waals surface area contributed by atoms with E-state index in [-0.39, 0.29) is 5.91 Å². The molecule has 1 amide bonds. The van der Waals surface area contributed by atoms with E-state index < -0.39 is 0 Å². The van der Waals surface area contributed by atoms with Gasteiger partial charge in [-0.3, -0.25) is 4.79 Å². The van der Waals surface area contributed by atoms with Crippen molar-refractivity contribution in [3.8, 4) is 12.3 Å². The van der Waals surface area contributed by atoms with Crippen LogP contribution in [0.4, 0.5) is 0 Å². The van der Waals surface area contributed by atoms with Crippen LogP contribution in [0.3, 0.4) is 0 Å². The number of hydrogen-bond acceptors (Lipinski definition) is 1. The van der Waals surface area contributed by atoms with Gasteiger partial charge in [-0.15, -0.1) is 6.42 Å². The highest BCUT2D eigenvalue weighted by atomic mass is 16.2. The zero-order valence-electron chi connectivity index (χ0n) is 8.96. The molecule has 0 aliphatic heterocycles. The Balaban J connectivity index is 2.35.